The smallest absolute Gasteiger partial charge is 0.323 e. The van der Waals surface area contributed by atoms with Gasteiger partial charge in [-0.3, -0.25) is 4.79 Å². The molecule has 0 spiro atoms. The number of carbonyl (C=O) groups is 1. The van der Waals surface area contributed by atoms with E-state index in [2.05, 4.69) is 0 Å². The highest BCUT2D eigenvalue weighted by Gasteiger charge is 2.29. The van der Waals surface area contributed by atoms with Crippen LogP contribution in [-0.2, 0) is 4.79 Å². The summed E-state index contributed by atoms with van der Waals surface area (Å²) in [5, 5.41) is 8.88. The van der Waals surface area contributed by atoms with E-state index < -0.39 is 11.8 Å². The summed E-state index contributed by atoms with van der Waals surface area (Å²) in [6.07, 6.45) is 0. The van der Waals surface area contributed by atoms with Gasteiger partial charge in [-0.2, -0.15) is 0 Å². The van der Waals surface area contributed by atoms with Crippen LogP contribution in [0.15, 0.2) is 23.1 Å². The Bertz CT molecular complexity index is 492. The van der Waals surface area contributed by atoms with Crippen LogP contribution in [0.3, 0.4) is 0 Å². The van der Waals surface area contributed by atoms with Crippen molar-refractivity contribution in [1.29, 1.82) is 0 Å². The third kappa shape index (κ3) is 2.42. The van der Waals surface area contributed by atoms with Crippen molar-refractivity contribution < 1.29 is 14.3 Å². The zero-order valence-electron chi connectivity index (χ0n) is 9.01. The molecule has 1 aliphatic rings. The number of aliphatic carboxylic acids is 1. The van der Waals surface area contributed by atoms with E-state index in [-0.39, 0.29) is 11.8 Å². The molecule has 1 aromatic rings. The van der Waals surface area contributed by atoms with Crippen molar-refractivity contribution in [2.45, 2.75) is 17.1 Å². The average Bonchev–Trinajstić information content (AvgIpc) is 2.25. The molecule has 1 aliphatic heterocycles. The van der Waals surface area contributed by atoms with Crippen LogP contribution in [0.25, 0.3) is 0 Å². The molecular formula is C11H10FNO2S2. The van der Waals surface area contributed by atoms with Gasteiger partial charge in [0.25, 0.3) is 0 Å². The summed E-state index contributed by atoms with van der Waals surface area (Å²) in [7, 11) is 0. The summed E-state index contributed by atoms with van der Waals surface area (Å²) in [5.41, 5.74) is 0.542. The molecule has 0 saturated heterocycles. The predicted octanol–water partition coefficient (Wildman–Crippen LogP) is 2.54. The molecule has 1 atom stereocenters. The number of benzene rings is 1. The highest BCUT2D eigenvalue weighted by Crippen LogP contribution is 2.39. The molecule has 0 aliphatic carbocycles. The van der Waals surface area contributed by atoms with Gasteiger partial charge in [-0.05, 0) is 25.1 Å². The molecular weight excluding hydrogens is 261 g/mol. The molecule has 2 rings (SSSR count). The summed E-state index contributed by atoms with van der Waals surface area (Å²) in [4.78, 5) is 13.7. The number of carboxylic acids is 1. The van der Waals surface area contributed by atoms with Crippen LogP contribution in [0.5, 0.6) is 0 Å². The van der Waals surface area contributed by atoms with Gasteiger partial charge in [0.2, 0.25) is 0 Å². The van der Waals surface area contributed by atoms with Crippen molar-refractivity contribution in [2.75, 3.05) is 11.4 Å². The minimum Gasteiger partial charge on any atom is -0.480 e. The normalized spacial score (nSPS) is 19.1. The van der Waals surface area contributed by atoms with E-state index in [1.54, 1.807) is 6.07 Å². The second-order valence-corrected chi connectivity index (χ2v) is 5.49. The second-order valence-electron chi connectivity index (χ2n) is 3.69. The van der Waals surface area contributed by atoms with E-state index in [4.69, 9.17) is 17.3 Å². The molecule has 0 aromatic heterocycles. The van der Waals surface area contributed by atoms with Gasteiger partial charge in [0.05, 0.1) is 15.9 Å². The Hall–Kier alpha value is -1.14. The van der Waals surface area contributed by atoms with Gasteiger partial charge in [-0.1, -0.05) is 12.2 Å². The van der Waals surface area contributed by atoms with E-state index in [1.807, 2.05) is 6.92 Å². The van der Waals surface area contributed by atoms with Gasteiger partial charge in [0, 0.05) is 4.90 Å². The quantitative estimate of drug-likeness (QED) is 0.837. The van der Waals surface area contributed by atoms with Crippen molar-refractivity contribution >= 4 is 40.6 Å². The number of rotatable bonds is 2. The van der Waals surface area contributed by atoms with E-state index in [0.29, 0.717) is 10.7 Å². The number of hydrogen-bond acceptors (Lipinski definition) is 3. The topological polar surface area (TPSA) is 40.5 Å². The monoisotopic (exact) mass is 271 g/mol. The van der Waals surface area contributed by atoms with Crippen molar-refractivity contribution in [3.05, 3.63) is 24.0 Å². The SMILES string of the molecule is CC1Sc2ccc(F)cc2N(CC(=O)O)C1=S. The van der Waals surface area contributed by atoms with Crippen molar-refractivity contribution in [3.8, 4) is 0 Å². The van der Waals surface area contributed by atoms with Crippen molar-refractivity contribution in [2.24, 2.45) is 0 Å². The van der Waals surface area contributed by atoms with Gasteiger partial charge in [0.1, 0.15) is 12.4 Å². The van der Waals surface area contributed by atoms with Crippen LogP contribution < -0.4 is 4.90 Å². The number of hydrogen-bond donors (Lipinski definition) is 1. The molecule has 6 heteroatoms. The maximum absolute atomic E-state index is 13.2. The minimum atomic E-state index is -0.985. The highest BCUT2D eigenvalue weighted by atomic mass is 32.2. The molecule has 0 amide bonds. The predicted molar refractivity (Wildman–Crippen MR) is 69.3 cm³/mol. The summed E-state index contributed by atoms with van der Waals surface area (Å²) in [6.45, 7) is 1.67. The Morgan fingerprint density at radius 1 is 1.65 bits per heavy atom. The largest absolute Gasteiger partial charge is 0.480 e. The molecule has 17 heavy (non-hydrogen) atoms. The van der Waals surface area contributed by atoms with Crippen LogP contribution in [0.2, 0.25) is 0 Å². The molecule has 0 fully saturated rings. The summed E-state index contributed by atoms with van der Waals surface area (Å²) < 4.78 is 13.2. The molecule has 1 aromatic carbocycles. The lowest BCUT2D eigenvalue weighted by Crippen LogP contribution is -2.41. The van der Waals surface area contributed by atoms with Crippen molar-refractivity contribution in [1.82, 2.24) is 0 Å². The molecule has 3 nitrogen and oxygen atoms in total. The second kappa shape index (κ2) is 4.62. The number of anilines is 1. The molecule has 1 unspecified atom stereocenters. The van der Waals surface area contributed by atoms with Gasteiger partial charge < -0.3 is 10.0 Å². The van der Waals surface area contributed by atoms with E-state index in [1.165, 1.54) is 28.8 Å². The molecule has 1 heterocycles. The van der Waals surface area contributed by atoms with E-state index in [9.17, 15) is 9.18 Å². The molecule has 0 radical (unpaired) electrons. The lowest BCUT2D eigenvalue weighted by molar-refractivity contribution is -0.135. The third-order valence-electron chi connectivity index (χ3n) is 2.42. The third-order valence-corrected chi connectivity index (χ3v) is 4.32. The van der Waals surface area contributed by atoms with Crippen LogP contribution in [-0.4, -0.2) is 27.9 Å². The Labute approximate surface area is 108 Å². The first-order chi connectivity index (χ1) is 7.99. The number of halogens is 1. The summed E-state index contributed by atoms with van der Waals surface area (Å²) in [5.74, 6) is -1.38. The molecule has 0 saturated carbocycles. The zero-order valence-corrected chi connectivity index (χ0v) is 10.6. The van der Waals surface area contributed by atoms with Crippen LogP contribution in [0.4, 0.5) is 10.1 Å². The van der Waals surface area contributed by atoms with Crippen molar-refractivity contribution in [3.63, 3.8) is 0 Å². The fourth-order valence-corrected chi connectivity index (χ4v) is 3.03. The number of thiocarbonyl (C=S) groups is 1. The Balaban J connectivity index is 2.46. The average molecular weight is 271 g/mol. The lowest BCUT2D eigenvalue weighted by atomic mass is 10.2. The standard InChI is InChI=1S/C11H10FNO2S2/c1-6-11(16)13(5-10(14)15)8-4-7(12)2-3-9(8)17-6/h2-4,6H,5H2,1H3,(H,14,15). The van der Waals surface area contributed by atoms with Crippen LogP contribution >= 0.6 is 24.0 Å². The van der Waals surface area contributed by atoms with Gasteiger partial charge >= 0.3 is 5.97 Å². The van der Waals surface area contributed by atoms with Gasteiger partial charge in [-0.15, -0.1) is 11.8 Å². The van der Waals surface area contributed by atoms with Gasteiger partial charge in [-0.25, -0.2) is 4.39 Å². The molecule has 0 bridgehead atoms. The van der Waals surface area contributed by atoms with E-state index >= 15 is 0 Å². The molecule has 1 N–H and O–H groups in total. The maximum Gasteiger partial charge on any atom is 0.323 e. The van der Waals surface area contributed by atoms with Crippen LogP contribution in [0.1, 0.15) is 6.92 Å². The molecule has 90 valence electrons. The lowest BCUT2D eigenvalue weighted by Gasteiger charge is -2.33. The number of fused-ring (bicyclic) bond motifs is 1. The Kier molecular flexibility index (Phi) is 3.35. The first-order valence-electron chi connectivity index (χ1n) is 4.98. The Morgan fingerprint density at radius 2 is 2.35 bits per heavy atom. The summed E-state index contributed by atoms with van der Waals surface area (Å²) in [6, 6.07) is 4.35. The number of thioether (sulfide) groups is 1. The first-order valence-corrected chi connectivity index (χ1v) is 6.27. The number of carboxylic acid groups (broad SMARTS) is 1. The van der Waals surface area contributed by atoms with Gasteiger partial charge in [0.15, 0.2) is 0 Å². The fraction of sp³-hybridized carbons (Fsp3) is 0.273. The Morgan fingerprint density at radius 3 is 3.00 bits per heavy atom. The zero-order chi connectivity index (χ0) is 12.6. The minimum absolute atomic E-state index is 0.0160. The fourth-order valence-electron chi connectivity index (χ4n) is 1.68. The maximum atomic E-state index is 13.2. The highest BCUT2D eigenvalue weighted by molar-refractivity contribution is 8.02. The first kappa shape index (κ1) is 12.3. The van der Waals surface area contributed by atoms with Crippen LogP contribution in [0, 0.1) is 5.82 Å². The number of nitrogens with zero attached hydrogens (tertiary/aromatic N) is 1. The van der Waals surface area contributed by atoms with E-state index in [0.717, 1.165) is 4.90 Å². The summed E-state index contributed by atoms with van der Waals surface area (Å²) >= 11 is 6.72.